The Balaban J connectivity index is 1.40. The lowest BCUT2D eigenvalue weighted by atomic mass is 9.86. The summed E-state index contributed by atoms with van der Waals surface area (Å²) in [5.74, 6) is -0.235. The minimum absolute atomic E-state index is 0.0121. The Morgan fingerprint density at radius 2 is 1.30 bits per heavy atom. The lowest BCUT2D eigenvalue weighted by Crippen LogP contribution is -2.68. The minimum atomic E-state index is -3.67. The highest BCUT2D eigenvalue weighted by atomic mass is 32.2. The molecule has 3 heterocycles. The first kappa shape index (κ1) is 44.2. The molecule has 0 radical (unpaired) electrons. The van der Waals surface area contributed by atoms with Crippen molar-refractivity contribution in [1.82, 2.24) is 10.1 Å². The molecule has 19 atom stereocenters. The summed E-state index contributed by atoms with van der Waals surface area (Å²) in [5, 5.41) is 133. The molecule has 0 saturated carbocycles. The summed E-state index contributed by atoms with van der Waals surface area (Å²) < 4.78 is 51.9. The van der Waals surface area contributed by atoms with Crippen LogP contribution in [0.4, 0.5) is 0 Å². The molecule has 3 aliphatic heterocycles. The van der Waals surface area contributed by atoms with Gasteiger partial charge in [-0.1, -0.05) is 6.08 Å². The molecule has 0 amide bonds. The molecule has 0 aromatic heterocycles. The first-order valence-electron chi connectivity index (χ1n) is 17.1. The van der Waals surface area contributed by atoms with Crippen molar-refractivity contribution in [3.63, 3.8) is 0 Å². The molecule has 308 valence electrons. The van der Waals surface area contributed by atoms with E-state index < -0.39 is 146 Å². The fourth-order valence-corrected chi connectivity index (χ4v) is 7.05. The quantitative estimate of drug-likeness (QED) is 0.0441. The summed E-state index contributed by atoms with van der Waals surface area (Å²) in [6.07, 6.45) is -26.2. The van der Waals surface area contributed by atoms with Gasteiger partial charge < -0.3 is 90.3 Å². The third kappa shape index (κ3) is 9.88. The summed E-state index contributed by atoms with van der Waals surface area (Å²) in [7, 11) is -3.67. The van der Waals surface area contributed by atoms with E-state index in [1.54, 1.807) is 0 Å². The second-order valence-electron chi connectivity index (χ2n) is 13.6. The van der Waals surface area contributed by atoms with Crippen LogP contribution in [-0.2, 0) is 33.7 Å². The van der Waals surface area contributed by atoms with E-state index in [0.717, 1.165) is 0 Å². The van der Waals surface area contributed by atoms with Gasteiger partial charge in [0.25, 0.3) is 0 Å². The SMILES string of the molecule is CCS(=O)(=O)N/N=C(\C)CC1OC(CO)[C@H](OC2OC(CO)[C@H](OC3OC(C)[C@H](NC4C=C(CO)[C@H](O)[C@H](O)[C@H]4O)[C@H](O)[C@H]3O)[C@H](O)[C@H]2O)[C@H](O)[C@H]1O. The van der Waals surface area contributed by atoms with Gasteiger partial charge in [0.15, 0.2) is 12.6 Å². The highest BCUT2D eigenvalue weighted by molar-refractivity contribution is 7.89. The molecule has 0 bridgehead atoms. The zero-order chi connectivity index (χ0) is 39.5. The predicted octanol–water partition coefficient (Wildman–Crippen LogP) is -7.81. The van der Waals surface area contributed by atoms with Crippen LogP contribution >= 0.6 is 0 Å². The third-order valence-corrected chi connectivity index (χ3v) is 11.0. The van der Waals surface area contributed by atoms with Crippen molar-refractivity contribution in [3.05, 3.63) is 11.6 Å². The molecule has 0 aromatic rings. The Kier molecular flexibility index (Phi) is 15.5. The number of rotatable bonds is 14. The van der Waals surface area contributed by atoms with Crippen LogP contribution in [-0.4, -0.2) is 217 Å². The van der Waals surface area contributed by atoms with E-state index in [1.165, 1.54) is 26.8 Å². The van der Waals surface area contributed by atoms with Gasteiger partial charge in [-0.15, -0.1) is 0 Å². The standard InChI is InChI=1S/C30H53N3O19S/c1-4-53(46,47)33-32-10(2)5-14-20(39)23(42)27(15(8-35)49-14)52-30-26(45)24(43)28(16(9-36)50-30)51-29-25(44)21(40)17(11(3)48-29)31-13-6-12(7-34)18(37)22(41)19(13)38/h6,11,13-31,33-45H,4-5,7-9H2,1-3H3/b32-10+/t11?,13?,14?,15?,16?,17-,18-,19-,20-,21-,22-,23+,24+,25+,26+,27-,28-,29?,30?/m0/s1. The van der Waals surface area contributed by atoms with Gasteiger partial charge in [0.1, 0.15) is 79.4 Å². The maximum Gasteiger partial charge on any atom is 0.247 e. The minimum Gasteiger partial charge on any atom is -0.394 e. The van der Waals surface area contributed by atoms with Crippen LogP contribution in [0, 0.1) is 0 Å². The first-order chi connectivity index (χ1) is 24.9. The molecule has 7 unspecified atom stereocenters. The Morgan fingerprint density at radius 1 is 0.755 bits per heavy atom. The summed E-state index contributed by atoms with van der Waals surface area (Å²) in [6, 6.07) is -2.21. The highest BCUT2D eigenvalue weighted by Gasteiger charge is 2.53. The van der Waals surface area contributed by atoms with E-state index in [9.17, 15) is 69.7 Å². The second kappa shape index (κ2) is 18.6. The number of sulfonamides is 1. The number of hydrazone groups is 1. The Labute approximate surface area is 304 Å². The molecule has 4 rings (SSSR count). The lowest BCUT2D eigenvalue weighted by Gasteiger charge is -2.49. The van der Waals surface area contributed by atoms with Gasteiger partial charge >= 0.3 is 0 Å². The van der Waals surface area contributed by atoms with Crippen molar-refractivity contribution < 1.29 is 93.4 Å². The topological polar surface area (TPSA) is 359 Å². The van der Waals surface area contributed by atoms with Crippen molar-refractivity contribution in [2.45, 2.75) is 143 Å². The van der Waals surface area contributed by atoms with Crippen molar-refractivity contribution in [3.8, 4) is 0 Å². The summed E-state index contributed by atoms with van der Waals surface area (Å²) in [5.41, 5.74) is 0.191. The number of ether oxygens (including phenoxy) is 5. The van der Waals surface area contributed by atoms with E-state index in [1.807, 2.05) is 4.83 Å². The van der Waals surface area contributed by atoms with Gasteiger partial charge in [0, 0.05) is 12.1 Å². The average Bonchev–Trinajstić information content (AvgIpc) is 3.13. The maximum atomic E-state index is 11.7. The van der Waals surface area contributed by atoms with Crippen LogP contribution in [0.3, 0.4) is 0 Å². The molecule has 1 aliphatic carbocycles. The van der Waals surface area contributed by atoms with E-state index in [2.05, 4.69) is 10.4 Å². The molecule has 14 N–H and O–H groups in total. The molecule has 53 heavy (non-hydrogen) atoms. The van der Waals surface area contributed by atoms with Gasteiger partial charge in [0.05, 0.1) is 49.9 Å². The molecule has 22 nitrogen and oxygen atoms in total. The van der Waals surface area contributed by atoms with E-state index in [-0.39, 0.29) is 23.5 Å². The molecule has 4 aliphatic rings. The van der Waals surface area contributed by atoms with E-state index in [4.69, 9.17) is 23.7 Å². The average molecular weight is 792 g/mol. The van der Waals surface area contributed by atoms with Crippen LogP contribution in [0.2, 0.25) is 0 Å². The molecule has 0 aromatic carbocycles. The zero-order valence-electron chi connectivity index (χ0n) is 29.2. The van der Waals surface area contributed by atoms with Crippen LogP contribution in [0.1, 0.15) is 27.2 Å². The van der Waals surface area contributed by atoms with Gasteiger partial charge in [-0.25, -0.2) is 13.2 Å². The molecular formula is C30H53N3O19S. The zero-order valence-corrected chi connectivity index (χ0v) is 30.0. The van der Waals surface area contributed by atoms with Crippen molar-refractivity contribution >= 4 is 15.7 Å². The van der Waals surface area contributed by atoms with Gasteiger partial charge in [-0.2, -0.15) is 5.10 Å². The van der Waals surface area contributed by atoms with Crippen LogP contribution in [0.15, 0.2) is 16.8 Å². The Hall–Kier alpha value is -1.56. The van der Waals surface area contributed by atoms with Crippen molar-refractivity contribution in [2.75, 3.05) is 25.6 Å². The van der Waals surface area contributed by atoms with Crippen LogP contribution < -0.4 is 10.1 Å². The second-order valence-corrected chi connectivity index (χ2v) is 15.6. The smallest absolute Gasteiger partial charge is 0.247 e. The first-order valence-corrected chi connectivity index (χ1v) is 18.8. The Bertz CT molecular complexity index is 1360. The van der Waals surface area contributed by atoms with E-state index >= 15 is 0 Å². The van der Waals surface area contributed by atoms with Gasteiger partial charge in [-0.05, 0) is 26.3 Å². The summed E-state index contributed by atoms with van der Waals surface area (Å²) in [6.45, 7) is 2.07. The number of hydrogen-bond donors (Lipinski definition) is 14. The monoisotopic (exact) mass is 791 g/mol. The normalized spacial score (nSPS) is 45.8. The fourth-order valence-electron chi connectivity index (χ4n) is 6.63. The summed E-state index contributed by atoms with van der Waals surface area (Å²) >= 11 is 0. The van der Waals surface area contributed by atoms with Gasteiger partial charge in [0.2, 0.25) is 10.0 Å². The molecule has 23 heteroatoms. The number of hydrogen-bond acceptors (Lipinski definition) is 21. The largest absolute Gasteiger partial charge is 0.394 e. The number of aliphatic hydroxyl groups is 12. The molecule has 3 fully saturated rings. The van der Waals surface area contributed by atoms with Crippen molar-refractivity contribution in [2.24, 2.45) is 5.10 Å². The number of aliphatic hydroxyl groups excluding tert-OH is 12. The summed E-state index contributed by atoms with van der Waals surface area (Å²) in [4.78, 5) is 2.01. The van der Waals surface area contributed by atoms with E-state index in [0.29, 0.717) is 0 Å². The fraction of sp³-hybridized carbons (Fsp3) is 0.900. The molecule has 3 saturated heterocycles. The Morgan fingerprint density at radius 3 is 1.87 bits per heavy atom. The molecule has 0 spiro atoms. The van der Waals surface area contributed by atoms with Crippen LogP contribution in [0.5, 0.6) is 0 Å². The maximum absolute atomic E-state index is 11.7. The highest BCUT2D eigenvalue weighted by Crippen LogP contribution is 2.33. The number of nitrogens with one attached hydrogen (secondary N) is 2. The third-order valence-electron chi connectivity index (χ3n) is 9.85. The van der Waals surface area contributed by atoms with Crippen LogP contribution in [0.25, 0.3) is 0 Å². The lowest BCUT2D eigenvalue weighted by molar-refractivity contribution is -0.367. The van der Waals surface area contributed by atoms with Crippen molar-refractivity contribution in [1.29, 1.82) is 0 Å². The predicted molar refractivity (Wildman–Crippen MR) is 176 cm³/mol. The van der Waals surface area contributed by atoms with Gasteiger partial charge in [-0.3, -0.25) is 0 Å². The number of nitrogens with zero attached hydrogens (tertiary/aromatic N) is 1. The molecular weight excluding hydrogens is 738 g/mol.